The maximum atomic E-state index is 13.0. The first kappa shape index (κ1) is 21.4. The molecular formula is C24H24ClNO5. The van der Waals surface area contributed by atoms with Gasteiger partial charge in [0, 0.05) is 36.5 Å². The molecule has 0 unspecified atom stereocenters. The number of aryl methyl sites for hydroxylation is 1. The predicted octanol–water partition coefficient (Wildman–Crippen LogP) is 4.38. The Hall–Kier alpha value is -2.86. The van der Waals surface area contributed by atoms with Crippen LogP contribution >= 0.6 is 11.6 Å². The smallest absolute Gasteiger partial charge is 0.337 e. The van der Waals surface area contributed by atoms with Crippen molar-refractivity contribution in [1.82, 2.24) is 4.90 Å². The molecule has 2 aliphatic rings. The number of methoxy groups -OCH3 is 1. The third-order valence-corrected chi connectivity index (χ3v) is 6.81. The van der Waals surface area contributed by atoms with E-state index in [0.29, 0.717) is 53.4 Å². The lowest BCUT2D eigenvalue weighted by Gasteiger charge is -2.44. The van der Waals surface area contributed by atoms with Crippen LogP contribution in [-0.4, -0.2) is 48.4 Å². The molecule has 2 aromatic carbocycles. The van der Waals surface area contributed by atoms with Crippen molar-refractivity contribution in [2.75, 3.05) is 20.2 Å². The second-order valence-electron chi connectivity index (χ2n) is 8.26. The van der Waals surface area contributed by atoms with Gasteiger partial charge in [-0.05, 0) is 49.2 Å². The van der Waals surface area contributed by atoms with Crippen molar-refractivity contribution < 1.29 is 23.9 Å². The van der Waals surface area contributed by atoms with E-state index >= 15 is 0 Å². The van der Waals surface area contributed by atoms with Gasteiger partial charge in [0.05, 0.1) is 24.7 Å². The Morgan fingerprint density at radius 1 is 1.13 bits per heavy atom. The van der Waals surface area contributed by atoms with E-state index in [4.69, 9.17) is 21.1 Å². The van der Waals surface area contributed by atoms with E-state index in [-0.39, 0.29) is 18.1 Å². The quantitative estimate of drug-likeness (QED) is 0.646. The van der Waals surface area contributed by atoms with E-state index in [9.17, 15) is 14.4 Å². The molecule has 0 bridgehead atoms. The number of carbonyl (C=O) groups excluding carboxylic acids is 3. The molecule has 7 heteroatoms. The van der Waals surface area contributed by atoms with Gasteiger partial charge < -0.3 is 14.4 Å². The molecule has 1 fully saturated rings. The summed E-state index contributed by atoms with van der Waals surface area (Å²) in [4.78, 5) is 39.4. The number of halogens is 1. The summed E-state index contributed by atoms with van der Waals surface area (Å²) < 4.78 is 11.1. The standard InChI is InChI=1S/C24H24ClNO5/c1-14-11-19-20(15(2)21(14)25)18(27)13-24(31-19)7-9-26(10-8-24)22(28)16-5-4-6-17(12-16)23(29)30-3/h4-6,11-12H,7-10,13H2,1-3H3. The van der Waals surface area contributed by atoms with Crippen LogP contribution in [0.5, 0.6) is 5.75 Å². The number of benzene rings is 2. The SMILES string of the molecule is COC(=O)c1cccc(C(=O)N2CCC3(CC2)CC(=O)c2c(cc(C)c(Cl)c2C)O3)c1. The molecule has 2 aliphatic heterocycles. The summed E-state index contributed by atoms with van der Waals surface area (Å²) in [5, 5.41) is 0.598. The zero-order valence-electron chi connectivity index (χ0n) is 17.8. The highest BCUT2D eigenvalue weighted by molar-refractivity contribution is 6.32. The predicted molar refractivity (Wildman–Crippen MR) is 116 cm³/mol. The molecule has 2 heterocycles. The first-order valence-corrected chi connectivity index (χ1v) is 10.6. The van der Waals surface area contributed by atoms with Gasteiger partial charge in [-0.15, -0.1) is 0 Å². The normalized spacial score (nSPS) is 17.2. The minimum absolute atomic E-state index is 0.0335. The van der Waals surface area contributed by atoms with Gasteiger partial charge in [-0.2, -0.15) is 0 Å². The number of esters is 1. The van der Waals surface area contributed by atoms with Crippen LogP contribution < -0.4 is 4.74 Å². The zero-order chi connectivity index (χ0) is 22.3. The van der Waals surface area contributed by atoms with Crippen LogP contribution in [0.4, 0.5) is 0 Å². The van der Waals surface area contributed by atoms with Crippen LogP contribution in [0.25, 0.3) is 0 Å². The lowest BCUT2D eigenvalue weighted by Crippen LogP contribution is -2.52. The number of amides is 1. The van der Waals surface area contributed by atoms with Crippen LogP contribution in [0.2, 0.25) is 5.02 Å². The van der Waals surface area contributed by atoms with E-state index in [1.54, 1.807) is 29.2 Å². The highest BCUT2D eigenvalue weighted by Gasteiger charge is 2.44. The number of ketones is 1. The molecule has 162 valence electrons. The molecule has 0 aliphatic carbocycles. The highest BCUT2D eigenvalue weighted by atomic mass is 35.5. The monoisotopic (exact) mass is 441 g/mol. The van der Waals surface area contributed by atoms with Crippen LogP contribution in [0.1, 0.15) is 61.5 Å². The summed E-state index contributed by atoms with van der Waals surface area (Å²) >= 11 is 6.33. The maximum Gasteiger partial charge on any atom is 0.337 e. The Balaban J connectivity index is 1.51. The Kier molecular flexibility index (Phi) is 5.52. The molecule has 1 saturated heterocycles. The molecule has 0 atom stereocenters. The van der Waals surface area contributed by atoms with Crippen LogP contribution in [-0.2, 0) is 4.74 Å². The van der Waals surface area contributed by atoms with Crippen molar-refractivity contribution in [1.29, 1.82) is 0 Å². The summed E-state index contributed by atoms with van der Waals surface area (Å²) in [6, 6.07) is 8.35. The van der Waals surface area contributed by atoms with Gasteiger partial charge in [-0.3, -0.25) is 9.59 Å². The fourth-order valence-corrected chi connectivity index (χ4v) is 4.62. The number of likely N-dealkylation sites (tertiary alicyclic amines) is 1. The van der Waals surface area contributed by atoms with E-state index < -0.39 is 11.6 Å². The Bertz CT molecular complexity index is 1090. The van der Waals surface area contributed by atoms with Crippen molar-refractivity contribution in [3.63, 3.8) is 0 Å². The summed E-state index contributed by atoms with van der Waals surface area (Å²) in [6.45, 7) is 4.68. The number of nitrogens with zero attached hydrogens (tertiary/aromatic N) is 1. The summed E-state index contributed by atoms with van der Waals surface area (Å²) in [5.74, 6) is -0.0141. The number of ether oxygens (including phenoxy) is 2. The second-order valence-corrected chi connectivity index (χ2v) is 8.63. The Morgan fingerprint density at radius 2 is 1.81 bits per heavy atom. The van der Waals surface area contributed by atoms with E-state index in [1.165, 1.54) is 7.11 Å². The molecule has 1 spiro atoms. The van der Waals surface area contributed by atoms with E-state index in [2.05, 4.69) is 0 Å². The van der Waals surface area contributed by atoms with Gasteiger partial charge in [-0.1, -0.05) is 17.7 Å². The zero-order valence-corrected chi connectivity index (χ0v) is 18.5. The minimum Gasteiger partial charge on any atom is -0.486 e. The van der Waals surface area contributed by atoms with Gasteiger partial charge in [-0.25, -0.2) is 4.79 Å². The molecule has 31 heavy (non-hydrogen) atoms. The molecular weight excluding hydrogens is 418 g/mol. The van der Waals surface area contributed by atoms with E-state index in [0.717, 1.165) is 11.1 Å². The van der Waals surface area contributed by atoms with Crippen molar-refractivity contribution in [2.24, 2.45) is 0 Å². The third kappa shape index (κ3) is 3.81. The van der Waals surface area contributed by atoms with Gasteiger partial charge in [0.2, 0.25) is 0 Å². The first-order valence-electron chi connectivity index (χ1n) is 10.2. The molecule has 2 aromatic rings. The maximum absolute atomic E-state index is 13.0. The molecule has 4 rings (SSSR count). The van der Waals surface area contributed by atoms with Gasteiger partial charge >= 0.3 is 5.97 Å². The number of Topliss-reactive ketones (excluding diaryl/α,β-unsaturated/α-hetero) is 1. The van der Waals surface area contributed by atoms with Crippen molar-refractivity contribution in [3.8, 4) is 5.75 Å². The average molecular weight is 442 g/mol. The number of hydrogen-bond donors (Lipinski definition) is 0. The lowest BCUT2D eigenvalue weighted by atomic mass is 9.81. The lowest BCUT2D eigenvalue weighted by molar-refractivity contribution is -0.00581. The number of carbonyl (C=O) groups is 3. The van der Waals surface area contributed by atoms with Gasteiger partial charge in [0.25, 0.3) is 5.91 Å². The highest BCUT2D eigenvalue weighted by Crippen LogP contribution is 2.43. The third-order valence-electron chi connectivity index (χ3n) is 6.22. The first-order chi connectivity index (χ1) is 14.7. The molecule has 0 radical (unpaired) electrons. The molecule has 0 saturated carbocycles. The molecule has 0 aromatic heterocycles. The molecule has 0 N–H and O–H groups in total. The van der Waals surface area contributed by atoms with Crippen molar-refractivity contribution in [3.05, 3.63) is 63.2 Å². The van der Waals surface area contributed by atoms with Crippen molar-refractivity contribution in [2.45, 2.75) is 38.7 Å². The fraction of sp³-hybridized carbons (Fsp3) is 0.375. The number of piperidine rings is 1. The summed E-state index contributed by atoms with van der Waals surface area (Å²) in [5.41, 5.74) is 2.37. The van der Waals surface area contributed by atoms with E-state index in [1.807, 2.05) is 19.9 Å². The van der Waals surface area contributed by atoms with Crippen LogP contribution in [0.15, 0.2) is 30.3 Å². The summed E-state index contributed by atoms with van der Waals surface area (Å²) in [7, 11) is 1.31. The second kappa shape index (κ2) is 8.00. The summed E-state index contributed by atoms with van der Waals surface area (Å²) in [6.07, 6.45) is 1.39. The molecule has 1 amide bonds. The fourth-order valence-electron chi connectivity index (χ4n) is 4.48. The number of rotatable bonds is 2. The van der Waals surface area contributed by atoms with Gasteiger partial charge in [0.15, 0.2) is 5.78 Å². The average Bonchev–Trinajstić information content (AvgIpc) is 2.76. The van der Waals surface area contributed by atoms with Gasteiger partial charge in [0.1, 0.15) is 11.4 Å². The van der Waals surface area contributed by atoms with Crippen LogP contribution in [0, 0.1) is 13.8 Å². The molecule has 6 nitrogen and oxygen atoms in total. The number of hydrogen-bond acceptors (Lipinski definition) is 5. The Morgan fingerprint density at radius 3 is 2.48 bits per heavy atom. The topological polar surface area (TPSA) is 72.9 Å². The van der Waals surface area contributed by atoms with Crippen LogP contribution in [0.3, 0.4) is 0 Å². The van der Waals surface area contributed by atoms with Crippen molar-refractivity contribution >= 4 is 29.3 Å². The largest absolute Gasteiger partial charge is 0.486 e. The Labute approximate surface area is 186 Å². The number of fused-ring (bicyclic) bond motifs is 1. The minimum atomic E-state index is -0.610.